The molecule has 1 aliphatic carbocycles. The Morgan fingerprint density at radius 1 is 1.24 bits per heavy atom. The van der Waals surface area contributed by atoms with Crippen LogP contribution in [0.25, 0.3) is 6.08 Å². The van der Waals surface area contributed by atoms with E-state index >= 15 is 0 Å². The first-order valence-corrected chi connectivity index (χ1v) is 10.3. The maximum absolute atomic E-state index is 10.8. The van der Waals surface area contributed by atoms with Crippen molar-refractivity contribution < 1.29 is 5.11 Å². The van der Waals surface area contributed by atoms with E-state index in [1.165, 1.54) is 11.1 Å². The molecule has 1 aromatic carbocycles. The molecule has 1 saturated carbocycles. The predicted octanol–water partition coefficient (Wildman–Crippen LogP) is 2.85. The van der Waals surface area contributed by atoms with Gasteiger partial charge in [0.15, 0.2) is 6.23 Å². The van der Waals surface area contributed by atoms with Gasteiger partial charge >= 0.3 is 0 Å². The molecule has 1 fully saturated rings. The molecule has 1 unspecified atom stereocenters. The molecule has 7 nitrogen and oxygen atoms in total. The summed E-state index contributed by atoms with van der Waals surface area (Å²) in [6, 6.07) is 8.67. The van der Waals surface area contributed by atoms with Gasteiger partial charge in [0.1, 0.15) is 5.82 Å². The number of nitriles is 1. The molecule has 3 aliphatic rings. The SMILES string of the molecule is N#CC1=Cc2cnc(Nc3ccc4c(c3)CCNC4)nc2N(C2CCCC2)C1O. The summed E-state index contributed by atoms with van der Waals surface area (Å²) < 4.78 is 0. The molecule has 29 heavy (non-hydrogen) atoms. The van der Waals surface area contributed by atoms with E-state index in [0.717, 1.165) is 56.4 Å². The first-order valence-electron chi connectivity index (χ1n) is 10.3. The summed E-state index contributed by atoms with van der Waals surface area (Å²) in [7, 11) is 0. The van der Waals surface area contributed by atoms with Crippen molar-refractivity contribution in [2.24, 2.45) is 0 Å². The van der Waals surface area contributed by atoms with Gasteiger partial charge < -0.3 is 20.6 Å². The van der Waals surface area contributed by atoms with Gasteiger partial charge in [0.25, 0.3) is 0 Å². The summed E-state index contributed by atoms with van der Waals surface area (Å²) in [6.07, 6.45) is 7.76. The van der Waals surface area contributed by atoms with Gasteiger partial charge in [0, 0.05) is 30.0 Å². The smallest absolute Gasteiger partial charge is 0.229 e. The van der Waals surface area contributed by atoms with E-state index in [9.17, 15) is 10.4 Å². The van der Waals surface area contributed by atoms with Crippen LogP contribution in [0.15, 0.2) is 30.0 Å². The van der Waals surface area contributed by atoms with E-state index in [2.05, 4.69) is 33.8 Å². The van der Waals surface area contributed by atoms with Crippen LogP contribution in [-0.4, -0.2) is 33.9 Å². The lowest BCUT2D eigenvalue weighted by atomic mass is 10.0. The zero-order valence-corrected chi connectivity index (χ0v) is 16.2. The van der Waals surface area contributed by atoms with Crippen LogP contribution in [0, 0.1) is 11.3 Å². The number of rotatable bonds is 3. The van der Waals surface area contributed by atoms with Crippen molar-refractivity contribution in [2.75, 3.05) is 16.8 Å². The van der Waals surface area contributed by atoms with Crippen molar-refractivity contribution in [3.8, 4) is 6.07 Å². The Kier molecular flexibility index (Phi) is 4.66. The Morgan fingerprint density at radius 3 is 2.93 bits per heavy atom. The van der Waals surface area contributed by atoms with Gasteiger partial charge in [-0.05, 0) is 55.1 Å². The highest BCUT2D eigenvalue weighted by Gasteiger charge is 2.35. The molecule has 0 amide bonds. The van der Waals surface area contributed by atoms with Gasteiger partial charge in [-0.25, -0.2) is 4.98 Å². The number of nitrogens with zero attached hydrogens (tertiary/aromatic N) is 4. The fraction of sp³-hybridized carbons (Fsp3) is 0.409. The summed E-state index contributed by atoms with van der Waals surface area (Å²) >= 11 is 0. The van der Waals surface area contributed by atoms with E-state index < -0.39 is 6.23 Å². The third kappa shape index (κ3) is 3.35. The molecule has 0 radical (unpaired) electrons. The molecule has 3 N–H and O–H groups in total. The van der Waals surface area contributed by atoms with Crippen LogP contribution in [0.4, 0.5) is 17.5 Å². The van der Waals surface area contributed by atoms with Gasteiger partial charge in [0.2, 0.25) is 5.95 Å². The summed E-state index contributed by atoms with van der Waals surface area (Å²) in [5.41, 5.74) is 4.76. The minimum atomic E-state index is -0.949. The van der Waals surface area contributed by atoms with Crippen molar-refractivity contribution in [2.45, 2.75) is 50.9 Å². The predicted molar refractivity (Wildman–Crippen MR) is 111 cm³/mol. The molecule has 148 valence electrons. The van der Waals surface area contributed by atoms with Crippen molar-refractivity contribution in [3.05, 3.63) is 46.7 Å². The van der Waals surface area contributed by atoms with Crippen molar-refractivity contribution >= 4 is 23.5 Å². The number of anilines is 3. The number of hydrogen-bond acceptors (Lipinski definition) is 7. The zero-order valence-electron chi connectivity index (χ0n) is 16.2. The number of fused-ring (bicyclic) bond motifs is 2. The molecule has 0 spiro atoms. The number of hydrogen-bond donors (Lipinski definition) is 3. The van der Waals surface area contributed by atoms with E-state index in [4.69, 9.17) is 4.98 Å². The van der Waals surface area contributed by atoms with Crippen LogP contribution in [0.3, 0.4) is 0 Å². The third-order valence-corrected chi connectivity index (χ3v) is 6.09. The van der Waals surface area contributed by atoms with Crippen LogP contribution in [0.5, 0.6) is 0 Å². The number of aliphatic hydroxyl groups excluding tert-OH is 1. The maximum atomic E-state index is 10.8. The fourth-order valence-corrected chi connectivity index (χ4v) is 4.59. The Labute approximate surface area is 170 Å². The number of nitrogens with one attached hydrogen (secondary N) is 2. The summed E-state index contributed by atoms with van der Waals surface area (Å²) in [6.45, 7) is 1.90. The summed E-state index contributed by atoms with van der Waals surface area (Å²) in [4.78, 5) is 11.1. The Bertz CT molecular complexity index is 1000. The van der Waals surface area contributed by atoms with Gasteiger partial charge in [-0.1, -0.05) is 18.9 Å². The van der Waals surface area contributed by atoms with Crippen molar-refractivity contribution in [1.82, 2.24) is 15.3 Å². The third-order valence-electron chi connectivity index (χ3n) is 6.09. The largest absolute Gasteiger partial charge is 0.369 e. The molecule has 5 rings (SSSR count). The highest BCUT2D eigenvalue weighted by molar-refractivity contribution is 5.74. The average molecular weight is 388 g/mol. The molecule has 2 aromatic rings. The zero-order chi connectivity index (χ0) is 19.8. The summed E-state index contributed by atoms with van der Waals surface area (Å²) in [5, 5.41) is 26.9. The van der Waals surface area contributed by atoms with Crippen LogP contribution in [-0.2, 0) is 13.0 Å². The van der Waals surface area contributed by atoms with E-state index in [1.807, 2.05) is 11.0 Å². The van der Waals surface area contributed by atoms with Crippen LogP contribution in [0.2, 0.25) is 0 Å². The molecular weight excluding hydrogens is 364 g/mol. The van der Waals surface area contributed by atoms with Gasteiger partial charge in [-0.2, -0.15) is 10.2 Å². The maximum Gasteiger partial charge on any atom is 0.229 e. The second-order valence-electron chi connectivity index (χ2n) is 7.94. The lowest BCUT2D eigenvalue weighted by Gasteiger charge is -2.37. The molecular formula is C22H24N6O. The first kappa shape index (κ1) is 18.1. The highest BCUT2D eigenvalue weighted by Crippen LogP contribution is 2.37. The molecule has 1 atom stereocenters. The van der Waals surface area contributed by atoms with Crippen molar-refractivity contribution in [1.29, 1.82) is 5.26 Å². The summed E-state index contributed by atoms with van der Waals surface area (Å²) in [5.74, 6) is 1.20. The first-order chi connectivity index (χ1) is 14.2. The molecule has 0 bridgehead atoms. The van der Waals surface area contributed by atoms with Crippen molar-refractivity contribution in [3.63, 3.8) is 0 Å². The van der Waals surface area contributed by atoms with Gasteiger partial charge in [-0.3, -0.25) is 0 Å². The van der Waals surface area contributed by atoms with Crippen LogP contribution in [0.1, 0.15) is 42.4 Å². The van der Waals surface area contributed by atoms with Gasteiger partial charge in [-0.15, -0.1) is 0 Å². The highest BCUT2D eigenvalue weighted by atomic mass is 16.3. The second kappa shape index (κ2) is 7.47. The molecule has 3 heterocycles. The number of aliphatic hydroxyl groups is 1. The molecule has 2 aliphatic heterocycles. The Morgan fingerprint density at radius 2 is 2.10 bits per heavy atom. The van der Waals surface area contributed by atoms with Gasteiger partial charge in [0.05, 0.1) is 11.6 Å². The van der Waals surface area contributed by atoms with E-state index in [1.54, 1.807) is 12.3 Å². The Hall–Kier alpha value is -2.95. The van der Waals surface area contributed by atoms with Crippen LogP contribution < -0.4 is 15.5 Å². The normalized spacial score (nSPS) is 21.2. The quantitative estimate of drug-likeness (QED) is 0.744. The topological polar surface area (TPSA) is 97.1 Å². The molecule has 1 aromatic heterocycles. The standard InChI is InChI=1S/C22H24N6O/c23-11-16-9-17-13-25-22(26-18-6-5-15-12-24-8-7-14(15)10-18)27-20(17)28(21(16)29)19-3-1-2-4-19/h5-6,9-10,13,19,21,24,29H,1-4,7-8,12H2,(H,25,26,27). The molecule has 7 heteroatoms. The second-order valence-corrected chi connectivity index (χ2v) is 7.94. The monoisotopic (exact) mass is 388 g/mol. The number of benzene rings is 1. The minimum absolute atomic E-state index is 0.194. The van der Waals surface area contributed by atoms with Crippen LogP contribution >= 0.6 is 0 Å². The number of aromatic nitrogens is 2. The van der Waals surface area contributed by atoms with E-state index in [0.29, 0.717) is 17.3 Å². The average Bonchev–Trinajstić information content (AvgIpc) is 3.27. The minimum Gasteiger partial charge on any atom is -0.369 e. The fourth-order valence-electron chi connectivity index (χ4n) is 4.59. The Balaban J connectivity index is 1.48. The van der Waals surface area contributed by atoms with E-state index in [-0.39, 0.29) is 6.04 Å². The molecule has 0 saturated heterocycles. The lowest BCUT2D eigenvalue weighted by molar-refractivity contribution is 0.194. The lowest BCUT2D eigenvalue weighted by Crippen LogP contribution is -2.45.